The van der Waals surface area contributed by atoms with Gasteiger partial charge in [-0.3, -0.25) is 4.79 Å². The first kappa shape index (κ1) is 18.2. The highest BCUT2D eigenvalue weighted by molar-refractivity contribution is 5.92. The largest absolute Gasteiger partial charge is 0.390 e. The van der Waals surface area contributed by atoms with E-state index in [0.717, 1.165) is 32.1 Å². The van der Waals surface area contributed by atoms with Crippen LogP contribution in [0.25, 0.3) is 0 Å². The van der Waals surface area contributed by atoms with Crippen molar-refractivity contribution in [2.45, 2.75) is 78.7 Å². The van der Waals surface area contributed by atoms with Gasteiger partial charge in [-0.25, -0.2) is 0 Å². The minimum Gasteiger partial charge on any atom is -0.390 e. The van der Waals surface area contributed by atoms with E-state index in [4.69, 9.17) is 0 Å². The summed E-state index contributed by atoms with van der Waals surface area (Å²) in [4.78, 5) is 12.9. The molecule has 0 radical (unpaired) electrons. The Kier molecular flexibility index (Phi) is 3.66. The second-order valence-corrected chi connectivity index (χ2v) is 10.8. The van der Waals surface area contributed by atoms with Crippen LogP contribution in [0.3, 0.4) is 0 Å². The molecule has 0 saturated heterocycles. The third-order valence-corrected chi connectivity index (χ3v) is 9.42. The number of aliphatic hydroxyl groups is 1. The molecule has 0 aromatic carbocycles. The van der Waals surface area contributed by atoms with Gasteiger partial charge in [0.05, 0.1) is 11.7 Å². The average Bonchev–Trinajstić information content (AvgIpc) is 2.81. The van der Waals surface area contributed by atoms with E-state index in [1.807, 2.05) is 20.8 Å². The monoisotopic (exact) mass is 355 g/mol. The maximum atomic E-state index is 12.9. The topological polar surface area (TPSA) is 61.1 Å². The molecule has 142 valence electrons. The Morgan fingerprint density at radius 1 is 1.12 bits per heavy atom. The summed E-state index contributed by atoms with van der Waals surface area (Å²) < 4.78 is 0. The molecule has 0 heterocycles. The van der Waals surface area contributed by atoms with Crippen LogP contribution in [-0.4, -0.2) is 16.5 Å². The van der Waals surface area contributed by atoms with Crippen molar-refractivity contribution in [1.82, 2.24) is 0 Å². The first-order chi connectivity index (χ1) is 12.0. The molecule has 26 heavy (non-hydrogen) atoms. The highest BCUT2D eigenvalue weighted by Crippen LogP contribution is 2.68. The molecule has 7 atom stereocenters. The number of Topliss-reactive ketones (excluding diaryl/α,β-unsaturated/α-hetero) is 1. The first-order valence-corrected chi connectivity index (χ1v) is 10.4. The number of ketones is 1. The number of carbonyl (C=O) groups is 1. The van der Waals surface area contributed by atoms with E-state index in [2.05, 4.69) is 26.0 Å². The van der Waals surface area contributed by atoms with Gasteiger partial charge in [-0.2, -0.15) is 5.26 Å². The lowest BCUT2D eigenvalue weighted by atomic mass is 9.43. The molecule has 0 bridgehead atoms. The van der Waals surface area contributed by atoms with E-state index in [1.165, 1.54) is 5.57 Å². The molecule has 3 fully saturated rings. The zero-order chi connectivity index (χ0) is 19.1. The highest BCUT2D eigenvalue weighted by Gasteiger charge is 2.64. The van der Waals surface area contributed by atoms with Gasteiger partial charge in [0.25, 0.3) is 0 Å². The van der Waals surface area contributed by atoms with E-state index in [0.29, 0.717) is 24.2 Å². The normalized spacial score (nSPS) is 52.3. The summed E-state index contributed by atoms with van der Waals surface area (Å²) in [5.74, 6) is 1.27. The van der Waals surface area contributed by atoms with E-state index < -0.39 is 16.9 Å². The molecular formula is C23H33NO2. The van der Waals surface area contributed by atoms with Crippen molar-refractivity contribution < 1.29 is 9.90 Å². The summed E-state index contributed by atoms with van der Waals surface area (Å²) in [6.07, 6.45) is 8.22. The van der Waals surface area contributed by atoms with Crippen LogP contribution in [0.4, 0.5) is 0 Å². The predicted molar refractivity (Wildman–Crippen MR) is 101 cm³/mol. The molecule has 4 aliphatic carbocycles. The van der Waals surface area contributed by atoms with Gasteiger partial charge in [0, 0.05) is 5.41 Å². The Bertz CT molecular complexity index is 727. The summed E-state index contributed by atoms with van der Waals surface area (Å²) in [5, 5.41) is 20.7. The van der Waals surface area contributed by atoms with Crippen molar-refractivity contribution in [2.24, 2.45) is 39.9 Å². The molecule has 3 nitrogen and oxygen atoms in total. The van der Waals surface area contributed by atoms with Crippen LogP contribution in [0.5, 0.6) is 0 Å². The fraction of sp³-hybridized carbons (Fsp3) is 0.826. The van der Waals surface area contributed by atoms with Crippen molar-refractivity contribution in [3.63, 3.8) is 0 Å². The van der Waals surface area contributed by atoms with Gasteiger partial charge in [-0.1, -0.05) is 25.5 Å². The fourth-order valence-electron chi connectivity index (χ4n) is 7.76. The smallest absolute Gasteiger partial charge is 0.159 e. The molecule has 4 rings (SSSR count). The fourth-order valence-corrected chi connectivity index (χ4v) is 7.76. The Hall–Kier alpha value is -1.14. The molecule has 0 aliphatic heterocycles. The SMILES string of the molecule is CC1(C)C(=O)[C@H](C#N)CC2(C)C1=CCC1C2CCC2(C)C1CC[C@]2(C)O. The molecule has 0 amide bonds. The van der Waals surface area contributed by atoms with Crippen molar-refractivity contribution >= 4 is 5.78 Å². The Balaban J connectivity index is 1.78. The minimum absolute atomic E-state index is 0.00447. The summed E-state index contributed by atoms with van der Waals surface area (Å²) in [6.45, 7) is 10.7. The number of nitriles is 1. The Labute approximate surface area is 157 Å². The number of allylic oxidation sites excluding steroid dienone is 2. The Morgan fingerprint density at radius 3 is 2.42 bits per heavy atom. The van der Waals surface area contributed by atoms with Gasteiger partial charge in [0.1, 0.15) is 5.92 Å². The molecule has 3 saturated carbocycles. The summed E-state index contributed by atoms with van der Waals surface area (Å²) in [5.41, 5.74) is 0.141. The van der Waals surface area contributed by atoms with Crippen molar-refractivity contribution in [3.05, 3.63) is 11.6 Å². The van der Waals surface area contributed by atoms with Gasteiger partial charge in [0.2, 0.25) is 0 Å². The van der Waals surface area contributed by atoms with Crippen LogP contribution in [0.1, 0.15) is 73.1 Å². The van der Waals surface area contributed by atoms with Gasteiger partial charge in [-0.05, 0) is 87.9 Å². The van der Waals surface area contributed by atoms with Crippen LogP contribution < -0.4 is 0 Å². The molecule has 0 aromatic rings. The maximum absolute atomic E-state index is 12.9. The molecule has 5 unspecified atom stereocenters. The predicted octanol–water partition coefficient (Wildman–Crippen LogP) is 4.66. The number of carbonyl (C=O) groups excluding carboxylic acids is 1. The number of hydrogen-bond acceptors (Lipinski definition) is 3. The number of fused-ring (bicyclic) bond motifs is 5. The summed E-state index contributed by atoms with van der Waals surface area (Å²) in [7, 11) is 0. The second kappa shape index (κ2) is 5.22. The lowest BCUT2D eigenvalue weighted by Gasteiger charge is -2.60. The van der Waals surface area contributed by atoms with Gasteiger partial charge < -0.3 is 5.11 Å². The zero-order valence-corrected chi connectivity index (χ0v) is 16.9. The second-order valence-electron chi connectivity index (χ2n) is 10.8. The number of nitrogens with zero attached hydrogens (tertiary/aromatic N) is 1. The van der Waals surface area contributed by atoms with Crippen LogP contribution in [0, 0.1) is 51.2 Å². The summed E-state index contributed by atoms with van der Waals surface area (Å²) in [6, 6.07) is 2.31. The van der Waals surface area contributed by atoms with E-state index in [9.17, 15) is 15.2 Å². The molecule has 0 spiro atoms. The van der Waals surface area contributed by atoms with E-state index >= 15 is 0 Å². The lowest BCUT2D eigenvalue weighted by molar-refractivity contribution is -0.139. The molecule has 4 aliphatic rings. The Morgan fingerprint density at radius 2 is 1.77 bits per heavy atom. The molecule has 0 aromatic heterocycles. The van der Waals surface area contributed by atoms with Crippen LogP contribution >= 0.6 is 0 Å². The number of hydrogen-bond donors (Lipinski definition) is 1. The average molecular weight is 356 g/mol. The minimum atomic E-state index is -0.565. The molecule has 3 heteroatoms. The van der Waals surface area contributed by atoms with Crippen LogP contribution in [-0.2, 0) is 4.79 Å². The first-order valence-electron chi connectivity index (χ1n) is 10.4. The van der Waals surface area contributed by atoms with Gasteiger partial charge >= 0.3 is 0 Å². The number of rotatable bonds is 0. The highest BCUT2D eigenvalue weighted by atomic mass is 16.3. The molecular weight excluding hydrogens is 322 g/mol. The summed E-state index contributed by atoms with van der Waals surface area (Å²) >= 11 is 0. The van der Waals surface area contributed by atoms with Crippen LogP contribution in [0.2, 0.25) is 0 Å². The lowest BCUT2D eigenvalue weighted by Crippen LogP contribution is -2.57. The van der Waals surface area contributed by atoms with E-state index in [-0.39, 0.29) is 16.6 Å². The van der Waals surface area contributed by atoms with Crippen molar-refractivity contribution in [3.8, 4) is 6.07 Å². The van der Waals surface area contributed by atoms with Crippen molar-refractivity contribution in [1.29, 1.82) is 5.26 Å². The standard InChI is InChI=1S/C23H33NO2/c1-20(2)18-7-6-15-16(21(18,3)12-14(13-24)19(20)25)8-10-22(4)17(15)9-11-23(22,5)26/h7,14-17,26H,6,8-12H2,1-5H3/t14-,15?,16?,17?,21?,22?,23-/m0/s1. The van der Waals surface area contributed by atoms with E-state index in [1.54, 1.807) is 0 Å². The van der Waals surface area contributed by atoms with Gasteiger partial charge in [-0.15, -0.1) is 0 Å². The third-order valence-electron chi connectivity index (χ3n) is 9.42. The third kappa shape index (κ3) is 2.00. The molecule has 1 N–H and O–H groups in total. The van der Waals surface area contributed by atoms with Crippen LogP contribution in [0.15, 0.2) is 11.6 Å². The van der Waals surface area contributed by atoms with Gasteiger partial charge in [0.15, 0.2) is 5.78 Å². The maximum Gasteiger partial charge on any atom is 0.159 e. The zero-order valence-electron chi connectivity index (χ0n) is 16.9. The quantitative estimate of drug-likeness (QED) is 0.643. The van der Waals surface area contributed by atoms with Crippen molar-refractivity contribution in [2.75, 3.05) is 0 Å².